The second-order valence-corrected chi connectivity index (χ2v) is 11.1. The van der Waals surface area contributed by atoms with Gasteiger partial charge in [-0.1, -0.05) is 6.92 Å². The molecule has 1 fully saturated rings. The van der Waals surface area contributed by atoms with Crippen LogP contribution in [0.5, 0.6) is 5.75 Å². The van der Waals surface area contributed by atoms with Gasteiger partial charge in [-0.15, -0.1) is 0 Å². The van der Waals surface area contributed by atoms with Crippen molar-refractivity contribution in [3.63, 3.8) is 0 Å². The number of carbonyl (C=O) groups is 1. The minimum Gasteiger partial charge on any atom is -0.497 e. The van der Waals surface area contributed by atoms with Gasteiger partial charge >= 0.3 is 0 Å². The van der Waals surface area contributed by atoms with Crippen LogP contribution in [-0.2, 0) is 27.3 Å². The molecule has 3 heterocycles. The fourth-order valence-corrected chi connectivity index (χ4v) is 6.73. The van der Waals surface area contributed by atoms with Crippen LogP contribution in [-0.4, -0.2) is 72.8 Å². The molecule has 1 aromatic heterocycles. The van der Waals surface area contributed by atoms with Crippen molar-refractivity contribution in [2.24, 2.45) is 7.05 Å². The number of carbonyl (C=O) groups excluding carboxylic acids is 1. The lowest BCUT2D eigenvalue weighted by Crippen LogP contribution is -2.55. The highest BCUT2D eigenvalue weighted by Gasteiger charge is 2.50. The Morgan fingerprint density at radius 1 is 1.28 bits per heavy atom. The average molecular weight is 464 g/mol. The van der Waals surface area contributed by atoms with Crippen LogP contribution < -0.4 is 4.74 Å². The Labute approximate surface area is 189 Å². The average Bonchev–Trinajstić information content (AvgIpc) is 3.07. The summed E-state index contributed by atoms with van der Waals surface area (Å²) in [6.07, 6.45) is 3.93. The number of sulfonamides is 1. The van der Waals surface area contributed by atoms with Gasteiger partial charge < -0.3 is 19.3 Å². The molecule has 0 unspecified atom stereocenters. The number of rotatable bonds is 5. The molecular weight excluding hydrogens is 430 g/mol. The topological polar surface area (TPSA) is 92.1 Å². The van der Waals surface area contributed by atoms with Gasteiger partial charge in [-0.05, 0) is 37.0 Å². The van der Waals surface area contributed by atoms with E-state index in [1.807, 2.05) is 41.6 Å². The Morgan fingerprint density at radius 3 is 2.53 bits per heavy atom. The number of hydrogen-bond acceptors (Lipinski definition) is 5. The summed E-state index contributed by atoms with van der Waals surface area (Å²) in [6.45, 7) is 3.22. The highest BCUT2D eigenvalue weighted by Crippen LogP contribution is 2.50. The van der Waals surface area contributed by atoms with E-state index >= 15 is 0 Å². The number of nitrogens with zero attached hydrogens (tertiary/aromatic N) is 3. The van der Waals surface area contributed by atoms with Crippen LogP contribution in [0.25, 0.3) is 10.9 Å². The molecule has 1 spiro atoms. The molecule has 32 heavy (non-hydrogen) atoms. The molecule has 176 valence electrons. The van der Waals surface area contributed by atoms with Crippen molar-refractivity contribution < 1.29 is 23.1 Å². The van der Waals surface area contributed by atoms with Crippen molar-refractivity contribution in [3.05, 3.63) is 29.5 Å². The highest BCUT2D eigenvalue weighted by atomic mass is 32.2. The van der Waals surface area contributed by atoms with E-state index in [2.05, 4.69) is 0 Å². The van der Waals surface area contributed by atoms with E-state index in [0.717, 1.165) is 34.3 Å². The molecule has 1 atom stereocenters. The van der Waals surface area contributed by atoms with E-state index in [1.54, 1.807) is 7.11 Å². The number of aryl methyl sites for hydroxylation is 1. The lowest BCUT2D eigenvalue weighted by atomic mass is 9.69. The molecule has 8 nitrogen and oxygen atoms in total. The van der Waals surface area contributed by atoms with Crippen LogP contribution >= 0.6 is 0 Å². The summed E-state index contributed by atoms with van der Waals surface area (Å²) in [7, 11) is -0.0152. The largest absolute Gasteiger partial charge is 0.497 e. The van der Waals surface area contributed by atoms with Crippen molar-refractivity contribution in [1.29, 1.82) is 0 Å². The number of fused-ring (bicyclic) bond motifs is 4. The summed E-state index contributed by atoms with van der Waals surface area (Å²) in [5, 5.41) is 11.3. The summed E-state index contributed by atoms with van der Waals surface area (Å²) in [5.41, 5.74) is 2.48. The fourth-order valence-electron chi connectivity index (χ4n) is 5.62. The van der Waals surface area contributed by atoms with Crippen LogP contribution in [0.4, 0.5) is 0 Å². The number of methoxy groups -OCH3 is 1. The zero-order chi connectivity index (χ0) is 23.3. The normalized spacial score (nSPS) is 21.2. The maximum atomic E-state index is 12.8. The molecule has 0 bridgehead atoms. The van der Waals surface area contributed by atoms with E-state index in [0.29, 0.717) is 38.9 Å². The minimum atomic E-state index is -3.56. The first kappa shape index (κ1) is 23.1. The third-order valence-corrected chi connectivity index (χ3v) is 8.48. The second-order valence-electron chi connectivity index (χ2n) is 9.12. The third-order valence-electron chi connectivity index (χ3n) is 7.24. The quantitative estimate of drug-likeness (QED) is 0.734. The Hall–Kier alpha value is -2.10. The Bertz CT molecular complexity index is 1130. The molecule has 1 saturated heterocycles. The smallest absolute Gasteiger partial charge is 0.222 e. The predicted octanol–water partition coefficient (Wildman–Crippen LogP) is 2.16. The van der Waals surface area contributed by atoms with Crippen molar-refractivity contribution in [2.75, 3.05) is 39.6 Å². The first-order valence-electron chi connectivity index (χ1n) is 11.2. The van der Waals surface area contributed by atoms with E-state index in [1.165, 1.54) is 10.6 Å². The summed E-state index contributed by atoms with van der Waals surface area (Å²) in [4.78, 5) is 14.4. The summed E-state index contributed by atoms with van der Waals surface area (Å²) in [5.74, 6) is 0.888. The molecule has 1 amide bonds. The van der Waals surface area contributed by atoms with E-state index in [9.17, 15) is 18.3 Å². The number of hydrogen-bond donors (Lipinski definition) is 1. The van der Waals surface area contributed by atoms with Gasteiger partial charge in [0.25, 0.3) is 0 Å². The van der Waals surface area contributed by atoms with Gasteiger partial charge in [-0.2, -0.15) is 4.31 Å². The van der Waals surface area contributed by atoms with Gasteiger partial charge in [-0.3, -0.25) is 4.79 Å². The molecule has 1 N–H and O–H groups in total. The minimum absolute atomic E-state index is 0.161. The monoisotopic (exact) mass is 463 g/mol. The molecule has 0 saturated carbocycles. The molecule has 9 heteroatoms. The zero-order valence-corrected chi connectivity index (χ0v) is 20.1. The Morgan fingerprint density at radius 2 is 1.97 bits per heavy atom. The van der Waals surface area contributed by atoms with Crippen LogP contribution in [0, 0.1) is 0 Å². The Kier molecular flexibility index (Phi) is 6.02. The standard InChI is InChI=1S/C23H33N3O5S/c1-5-6-20(28)25-11-9-23(10-12-25)15-26(32(4,29)30)19(14-27)22-21(23)17-8-7-16(31-3)13-18(17)24(22)2/h7-8,13,19,27H,5-6,9-12,14-15H2,1-4H3/t19-/m0/s1. The Balaban J connectivity index is 1.89. The number of likely N-dealkylation sites (tertiary alicyclic amines) is 1. The highest BCUT2D eigenvalue weighted by molar-refractivity contribution is 7.88. The van der Waals surface area contributed by atoms with Crippen LogP contribution in [0.2, 0.25) is 0 Å². The van der Waals surface area contributed by atoms with Gasteiger partial charge in [-0.25, -0.2) is 8.42 Å². The molecule has 2 aliphatic rings. The maximum Gasteiger partial charge on any atom is 0.222 e. The number of ether oxygens (including phenoxy) is 1. The molecule has 0 radical (unpaired) electrons. The first-order chi connectivity index (χ1) is 15.2. The molecule has 4 rings (SSSR count). The SMILES string of the molecule is CCCC(=O)N1CCC2(CC1)CN(S(C)(=O)=O)[C@@H](CO)c1c2c2ccc(OC)cc2n1C. The van der Waals surface area contributed by atoms with Crippen LogP contribution in [0.1, 0.15) is 49.9 Å². The number of aliphatic hydroxyl groups excluding tert-OH is 1. The molecule has 0 aliphatic carbocycles. The molecule has 2 aromatic rings. The van der Waals surface area contributed by atoms with E-state index in [-0.39, 0.29) is 12.5 Å². The van der Waals surface area contributed by atoms with Crippen molar-refractivity contribution >= 4 is 26.8 Å². The van der Waals surface area contributed by atoms with Gasteiger partial charge in [0.05, 0.1) is 31.5 Å². The summed E-state index contributed by atoms with van der Waals surface area (Å²) < 4.78 is 34.5. The number of aliphatic hydroxyl groups is 1. The van der Waals surface area contributed by atoms with Crippen molar-refractivity contribution in [1.82, 2.24) is 13.8 Å². The van der Waals surface area contributed by atoms with E-state index in [4.69, 9.17) is 4.74 Å². The van der Waals surface area contributed by atoms with Gasteiger partial charge in [0, 0.05) is 55.7 Å². The number of benzene rings is 1. The summed E-state index contributed by atoms with van der Waals surface area (Å²) >= 11 is 0. The van der Waals surface area contributed by atoms with Crippen LogP contribution in [0.3, 0.4) is 0 Å². The summed E-state index contributed by atoms with van der Waals surface area (Å²) in [6, 6.07) is 5.27. The van der Waals surface area contributed by atoms with Gasteiger partial charge in [0.15, 0.2) is 0 Å². The lowest BCUT2D eigenvalue weighted by molar-refractivity contribution is -0.133. The van der Waals surface area contributed by atoms with Crippen LogP contribution in [0.15, 0.2) is 18.2 Å². The predicted molar refractivity (Wildman–Crippen MR) is 123 cm³/mol. The van der Waals surface area contributed by atoms with Gasteiger partial charge in [0.2, 0.25) is 15.9 Å². The van der Waals surface area contributed by atoms with Crippen molar-refractivity contribution in [3.8, 4) is 5.75 Å². The maximum absolute atomic E-state index is 12.8. The number of amides is 1. The molecule has 1 aromatic carbocycles. The molecule has 2 aliphatic heterocycles. The number of piperidine rings is 1. The third kappa shape index (κ3) is 3.60. The lowest BCUT2D eigenvalue weighted by Gasteiger charge is -2.49. The van der Waals surface area contributed by atoms with E-state index < -0.39 is 21.5 Å². The zero-order valence-electron chi connectivity index (χ0n) is 19.3. The van der Waals surface area contributed by atoms with Crippen molar-refractivity contribution in [2.45, 2.75) is 44.1 Å². The molecular formula is C23H33N3O5S. The number of aromatic nitrogens is 1. The second kappa shape index (κ2) is 8.35. The van der Waals surface area contributed by atoms with Gasteiger partial charge in [0.1, 0.15) is 5.75 Å². The first-order valence-corrected chi connectivity index (χ1v) is 13.0. The fraction of sp³-hybridized carbons (Fsp3) is 0.609.